The Balaban J connectivity index is 2.22. The fourth-order valence-corrected chi connectivity index (χ4v) is 1.81. The van der Waals surface area contributed by atoms with Crippen LogP contribution in [-0.2, 0) is 4.74 Å². The summed E-state index contributed by atoms with van der Waals surface area (Å²) in [5, 5.41) is 12.6. The molecule has 1 aliphatic rings. The van der Waals surface area contributed by atoms with Crippen molar-refractivity contribution in [2.45, 2.75) is 37.7 Å². The number of amides is 1. The molecule has 0 unspecified atom stereocenters. The number of ether oxygens (including phenoxy) is 1. The monoisotopic (exact) mass is 213 g/mol. The maximum atomic E-state index is 11.1. The van der Waals surface area contributed by atoms with Crippen LogP contribution in [0.15, 0.2) is 12.7 Å². The second-order valence-electron chi connectivity index (χ2n) is 4.03. The Kier molecular flexibility index (Phi) is 4.62. The number of aliphatic hydroxyl groups is 1. The van der Waals surface area contributed by atoms with E-state index < -0.39 is 11.7 Å². The Morgan fingerprint density at radius 3 is 2.73 bits per heavy atom. The molecule has 4 nitrogen and oxygen atoms in total. The molecule has 0 spiro atoms. The fraction of sp³-hybridized carbons (Fsp3) is 0.727. The first-order valence-electron chi connectivity index (χ1n) is 5.40. The third-order valence-corrected chi connectivity index (χ3v) is 2.68. The van der Waals surface area contributed by atoms with Gasteiger partial charge in [-0.3, -0.25) is 0 Å². The highest BCUT2D eigenvalue weighted by molar-refractivity contribution is 5.67. The summed E-state index contributed by atoms with van der Waals surface area (Å²) >= 11 is 0. The zero-order chi connectivity index (χ0) is 11.1. The van der Waals surface area contributed by atoms with Gasteiger partial charge < -0.3 is 15.2 Å². The van der Waals surface area contributed by atoms with Gasteiger partial charge in [-0.1, -0.05) is 31.9 Å². The van der Waals surface area contributed by atoms with Crippen molar-refractivity contribution in [3.63, 3.8) is 0 Å². The van der Waals surface area contributed by atoms with Crippen molar-refractivity contribution in [1.82, 2.24) is 5.32 Å². The Labute approximate surface area is 90.3 Å². The summed E-state index contributed by atoms with van der Waals surface area (Å²) in [5.41, 5.74) is -0.731. The molecular weight excluding hydrogens is 194 g/mol. The molecule has 1 fully saturated rings. The molecule has 86 valence electrons. The van der Waals surface area contributed by atoms with Gasteiger partial charge in [0.05, 0.1) is 5.60 Å². The topological polar surface area (TPSA) is 58.6 Å². The average molecular weight is 213 g/mol. The van der Waals surface area contributed by atoms with Gasteiger partial charge >= 0.3 is 6.09 Å². The molecule has 0 aliphatic heterocycles. The first kappa shape index (κ1) is 12.0. The first-order valence-corrected chi connectivity index (χ1v) is 5.40. The summed E-state index contributed by atoms with van der Waals surface area (Å²) in [6.45, 7) is 3.92. The normalized spacial score (nSPS) is 19.3. The molecule has 0 atom stereocenters. The molecule has 0 aromatic carbocycles. The molecule has 0 aromatic heterocycles. The maximum Gasteiger partial charge on any atom is 0.407 e. The van der Waals surface area contributed by atoms with Gasteiger partial charge in [-0.2, -0.15) is 0 Å². The molecule has 2 N–H and O–H groups in total. The Hall–Kier alpha value is -1.03. The number of alkyl carbamates (subject to hydrolysis) is 1. The third kappa shape index (κ3) is 4.34. The van der Waals surface area contributed by atoms with Crippen molar-refractivity contribution in [2.75, 3.05) is 13.2 Å². The van der Waals surface area contributed by atoms with Gasteiger partial charge in [0.15, 0.2) is 0 Å². The zero-order valence-electron chi connectivity index (χ0n) is 9.00. The number of carbonyl (C=O) groups excluding carboxylic acids is 1. The van der Waals surface area contributed by atoms with Gasteiger partial charge in [0, 0.05) is 6.54 Å². The van der Waals surface area contributed by atoms with E-state index in [4.69, 9.17) is 4.74 Å². The molecule has 1 aliphatic carbocycles. The summed E-state index contributed by atoms with van der Waals surface area (Å²) in [6.07, 6.45) is 5.76. The molecule has 4 heteroatoms. The average Bonchev–Trinajstić information content (AvgIpc) is 2.25. The van der Waals surface area contributed by atoms with E-state index in [9.17, 15) is 9.90 Å². The number of carbonyl (C=O) groups is 1. The van der Waals surface area contributed by atoms with Crippen LogP contribution in [0.5, 0.6) is 0 Å². The van der Waals surface area contributed by atoms with Gasteiger partial charge in [0.2, 0.25) is 0 Å². The highest BCUT2D eigenvalue weighted by Crippen LogP contribution is 2.27. The van der Waals surface area contributed by atoms with Crippen molar-refractivity contribution in [2.24, 2.45) is 0 Å². The highest BCUT2D eigenvalue weighted by Gasteiger charge is 2.29. The van der Waals surface area contributed by atoms with Crippen LogP contribution in [-0.4, -0.2) is 30.0 Å². The third-order valence-electron chi connectivity index (χ3n) is 2.68. The Morgan fingerprint density at radius 1 is 1.47 bits per heavy atom. The molecule has 0 radical (unpaired) electrons. The Bertz CT molecular complexity index is 222. The molecule has 0 bridgehead atoms. The van der Waals surface area contributed by atoms with Crippen molar-refractivity contribution >= 4 is 6.09 Å². The summed E-state index contributed by atoms with van der Waals surface area (Å²) in [6, 6.07) is 0. The molecule has 15 heavy (non-hydrogen) atoms. The van der Waals surface area contributed by atoms with Crippen LogP contribution < -0.4 is 5.32 Å². The lowest BCUT2D eigenvalue weighted by Crippen LogP contribution is -2.44. The smallest absolute Gasteiger partial charge is 0.407 e. The predicted octanol–water partition coefficient (Wildman–Crippen LogP) is 1.59. The molecule has 1 amide bonds. The Morgan fingerprint density at radius 2 is 2.13 bits per heavy atom. The van der Waals surface area contributed by atoms with E-state index in [0.29, 0.717) is 0 Å². The van der Waals surface area contributed by atoms with Crippen LogP contribution in [0.2, 0.25) is 0 Å². The number of nitrogens with one attached hydrogen (secondary N) is 1. The number of hydrogen-bond donors (Lipinski definition) is 2. The SMILES string of the molecule is C=CCOC(=O)NCC1(O)CCCCC1. The molecule has 0 saturated heterocycles. The van der Waals surface area contributed by atoms with Gasteiger partial charge in [0.25, 0.3) is 0 Å². The second-order valence-corrected chi connectivity index (χ2v) is 4.03. The fourth-order valence-electron chi connectivity index (χ4n) is 1.81. The lowest BCUT2D eigenvalue weighted by molar-refractivity contribution is 0.00473. The maximum absolute atomic E-state index is 11.1. The van der Waals surface area contributed by atoms with Crippen LogP contribution >= 0.6 is 0 Å². The van der Waals surface area contributed by atoms with Crippen molar-refractivity contribution in [3.05, 3.63) is 12.7 Å². The molecule has 1 rings (SSSR count). The van der Waals surface area contributed by atoms with Crippen LogP contribution in [0, 0.1) is 0 Å². The van der Waals surface area contributed by atoms with Gasteiger partial charge in [0.1, 0.15) is 6.61 Å². The van der Waals surface area contributed by atoms with E-state index in [1.54, 1.807) is 0 Å². The van der Waals surface area contributed by atoms with E-state index in [1.165, 1.54) is 12.5 Å². The van der Waals surface area contributed by atoms with Crippen LogP contribution in [0.25, 0.3) is 0 Å². The van der Waals surface area contributed by atoms with Gasteiger partial charge in [-0.15, -0.1) is 0 Å². The standard InChI is InChI=1S/C11H19NO3/c1-2-8-15-10(13)12-9-11(14)6-4-3-5-7-11/h2,14H,1,3-9H2,(H,12,13). The largest absolute Gasteiger partial charge is 0.445 e. The summed E-state index contributed by atoms with van der Waals surface area (Å²) in [4.78, 5) is 11.1. The zero-order valence-corrected chi connectivity index (χ0v) is 9.00. The molecule has 0 heterocycles. The van der Waals surface area contributed by atoms with Crippen LogP contribution in [0.4, 0.5) is 4.79 Å². The van der Waals surface area contributed by atoms with Crippen LogP contribution in [0.3, 0.4) is 0 Å². The highest BCUT2D eigenvalue weighted by atomic mass is 16.5. The lowest BCUT2D eigenvalue weighted by atomic mass is 9.85. The van der Waals surface area contributed by atoms with Crippen molar-refractivity contribution < 1.29 is 14.6 Å². The molecule has 0 aromatic rings. The minimum Gasteiger partial charge on any atom is -0.445 e. The minimum absolute atomic E-state index is 0.199. The van der Waals surface area contributed by atoms with Gasteiger partial charge in [-0.05, 0) is 12.8 Å². The van der Waals surface area contributed by atoms with Crippen molar-refractivity contribution in [1.29, 1.82) is 0 Å². The first-order chi connectivity index (χ1) is 7.16. The van der Waals surface area contributed by atoms with Gasteiger partial charge in [-0.25, -0.2) is 4.79 Å². The number of hydrogen-bond acceptors (Lipinski definition) is 3. The number of rotatable bonds is 4. The quantitative estimate of drug-likeness (QED) is 0.697. The lowest BCUT2D eigenvalue weighted by Gasteiger charge is -2.31. The van der Waals surface area contributed by atoms with E-state index in [0.717, 1.165) is 25.7 Å². The van der Waals surface area contributed by atoms with E-state index in [2.05, 4.69) is 11.9 Å². The van der Waals surface area contributed by atoms with E-state index >= 15 is 0 Å². The summed E-state index contributed by atoms with van der Waals surface area (Å²) < 4.78 is 4.75. The van der Waals surface area contributed by atoms with E-state index in [1.807, 2.05) is 0 Å². The summed E-state index contributed by atoms with van der Waals surface area (Å²) in [5.74, 6) is 0. The minimum atomic E-state index is -0.731. The molecular formula is C11H19NO3. The predicted molar refractivity (Wildman–Crippen MR) is 57.6 cm³/mol. The van der Waals surface area contributed by atoms with Crippen molar-refractivity contribution in [3.8, 4) is 0 Å². The van der Waals surface area contributed by atoms with Crippen LogP contribution in [0.1, 0.15) is 32.1 Å². The molecule has 1 saturated carbocycles. The second kappa shape index (κ2) is 5.75. The summed E-state index contributed by atoms with van der Waals surface area (Å²) in [7, 11) is 0. The van der Waals surface area contributed by atoms with E-state index in [-0.39, 0.29) is 13.2 Å².